The van der Waals surface area contributed by atoms with Gasteiger partial charge in [-0.1, -0.05) is 17.2 Å². The van der Waals surface area contributed by atoms with Crippen molar-refractivity contribution in [2.24, 2.45) is 5.92 Å². The van der Waals surface area contributed by atoms with Crippen molar-refractivity contribution in [3.8, 4) is 0 Å². The Labute approximate surface area is 108 Å². The molecule has 0 spiro atoms. The van der Waals surface area contributed by atoms with Gasteiger partial charge in [-0.25, -0.2) is 0 Å². The Balaban J connectivity index is 2.27. The van der Waals surface area contributed by atoms with Crippen LogP contribution in [0.1, 0.15) is 25.0 Å². The first-order valence-electron chi connectivity index (χ1n) is 5.24. The fourth-order valence-corrected chi connectivity index (χ4v) is 3.16. The molecule has 7 heteroatoms. The summed E-state index contributed by atoms with van der Waals surface area (Å²) in [6.07, 6.45) is 4.13. The second kappa shape index (κ2) is 4.83. The third-order valence-electron chi connectivity index (χ3n) is 3.12. The number of pyridine rings is 1. The van der Waals surface area contributed by atoms with Gasteiger partial charge in [0.1, 0.15) is 6.20 Å². The van der Waals surface area contributed by atoms with Crippen LogP contribution in [0.4, 0.5) is 5.69 Å². The summed E-state index contributed by atoms with van der Waals surface area (Å²) in [5.41, 5.74) is 0.363. The van der Waals surface area contributed by atoms with Crippen molar-refractivity contribution < 1.29 is 10.0 Å². The van der Waals surface area contributed by atoms with E-state index < -0.39 is 9.86 Å². The summed E-state index contributed by atoms with van der Waals surface area (Å²) in [4.78, 5) is 12.9. The highest BCUT2D eigenvalue weighted by atomic mass is 33.1. The van der Waals surface area contributed by atoms with Crippen LogP contribution in [0.25, 0.3) is 0 Å². The average molecular weight is 272 g/mol. The standard InChI is InChI=1S/C10H12N2O3S2/c13-10(17-16,7-2-1-3-7)9-5-4-8(6-11-9)12(14)15/h4-7,13,16H,1-3H2. The molecular weight excluding hydrogens is 260 g/mol. The third kappa shape index (κ3) is 2.27. The third-order valence-corrected chi connectivity index (χ3v) is 4.78. The molecule has 0 bridgehead atoms. The summed E-state index contributed by atoms with van der Waals surface area (Å²) < 4.78 is 0. The van der Waals surface area contributed by atoms with E-state index in [0.717, 1.165) is 30.1 Å². The van der Waals surface area contributed by atoms with Crippen LogP contribution in [0.2, 0.25) is 0 Å². The second-order valence-corrected chi connectivity index (χ2v) is 5.43. The molecule has 0 aromatic carbocycles. The Hall–Kier alpha value is -0.790. The van der Waals surface area contributed by atoms with Gasteiger partial charge < -0.3 is 5.11 Å². The molecule has 17 heavy (non-hydrogen) atoms. The normalized spacial score (nSPS) is 19.4. The van der Waals surface area contributed by atoms with Gasteiger partial charge in [-0.2, -0.15) is 0 Å². The van der Waals surface area contributed by atoms with Gasteiger partial charge in [0, 0.05) is 12.0 Å². The highest BCUT2D eigenvalue weighted by Gasteiger charge is 2.43. The van der Waals surface area contributed by atoms with Crippen molar-refractivity contribution >= 4 is 28.1 Å². The summed E-state index contributed by atoms with van der Waals surface area (Å²) >= 11 is 4.10. The number of rotatable bonds is 4. The Morgan fingerprint density at radius 1 is 1.59 bits per heavy atom. The van der Waals surface area contributed by atoms with Crippen molar-refractivity contribution in [1.82, 2.24) is 4.98 Å². The molecule has 1 aliphatic rings. The first-order valence-corrected chi connectivity index (χ1v) is 7.10. The number of aromatic nitrogens is 1. The summed E-state index contributed by atoms with van der Waals surface area (Å²) in [6, 6.07) is 2.86. The molecular formula is C10H12N2O3S2. The van der Waals surface area contributed by atoms with E-state index in [4.69, 9.17) is 0 Å². The van der Waals surface area contributed by atoms with Gasteiger partial charge in [0.05, 0.1) is 10.6 Å². The van der Waals surface area contributed by atoms with Crippen LogP contribution in [0, 0.1) is 16.0 Å². The number of nitrogens with zero attached hydrogens (tertiary/aromatic N) is 2. The Morgan fingerprint density at radius 2 is 2.29 bits per heavy atom. The van der Waals surface area contributed by atoms with Gasteiger partial charge in [0.15, 0.2) is 4.93 Å². The van der Waals surface area contributed by atoms with Gasteiger partial charge in [0.2, 0.25) is 0 Å². The van der Waals surface area contributed by atoms with E-state index >= 15 is 0 Å². The van der Waals surface area contributed by atoms with Crippen LogP contribution in [0.3, 0.4) is 0 Å². The molecule has 1 aromatic heterocycles. The van der Waals surface area contributed by atoms with E-state index in [9.17, 15) is 15.2 Å². The van der Waals surface area contributed by atoms with Crippen molar-refractivity contribution in [1.29, 1.82) is 0 Å². The molecule has 0 saturated heterocycles. The highest BCUT2D eigenvalue weighted by molar-refractivity contribution is 8.68. The van der Waals surface area contributed by atoms with Crippen molar-refractivity contribution in [3.63, 3.8) is 0 Å². The summed E-state index contributed by atoms with van der Waals surface area (Å²) in [5, 5.41) is 21.0. The minimum absolute atomic E-state index is 0.0751. The molecule has 92 valence electrons. The fourth-order valence-electron chi connectivity index (χ4n) is 1.84. The van der Waals surface area contributed by atoms with E-state index in [-0.39, 0.29) is 11.6 Å². The first kappa shape index (κ1) is 12.7. The van der Waals surface area contributed by atoms with Gasteiger partial charge in [0.25, 0.3) is 5.69 Å². The Kier molecular flexibility index (Phi) is 3.60. The molecule has 1 unspecified atom stereocenters. The summed E-state index contributed by atoms with van der Waals surface area (Å²) in [7, 11) is 1.04. The predicted octanol–water partition coefficient (Wildman–Crippen LogP) is 2.51. The monoisotopic (exact) mass is 272 g/mol. The maximum absolute atomic E-state index is 10.5. The Bertz CT molecular complexity index is 422. The summed E-state index contributed by atoms with van der Waals surface area (Å²) in [5.74, 6) is 0.124. The van der Waals surface area contributed by atoms with E-state index in [1.54, 1.807) is 0 Å². The van der Waals surface area contributed by atoms with Crippen molar-refractivity contribution in [2.75, 3.05) is 0 Å². The molecule has 1 heterocycles. The molecule has 2 rings (SSSR count). The lowest BCUT2D eigenvalue weighted by Gasteiger charge is -2.39. The number of hydrogen-bond donors (Lipinski definition) is 2. The zero-order valence-corrected chi connectivity index (χ0v) is 10.7. The zero-order chi connectivity index (χ0) is 12.5. The molecule has 1 N–H and O–H groups in total. The molecule has 0 aliphatic heterocycles. The SMILES string of the molecule is O=[N+]([O-])c1ccc(C(O)(SS)C2CCC2)nc1. The minimum atomic E-state index is -1.14. The maximum Gasteiger partial charge on any atom is 0.287 e. The molecule has 1 aromatic rings. The van der Waals surface area contributed by atoms with Crippen LogP contribution in [-0.4, -0.2) is 15.0 Å². The van der Waals surface area contributed by atoms with Gasteiger partial charge in [-0.15, -0.1) is 11.7 Å². The van der Waals surface area contributed by atoms with E-state index in [0.29, 0.717) is 5.69 Å². The Morgan fingerprint density at radius 3 is 2.65 bits per heavy atom. The van der Waals surface area contributed by atoms with E-state index in [1.807, 2.05) is 0 Å². The van der Waals surface area contributed by atoms with E-state index in [1.165, 1.54) is 18.3 Å². The number of hydrogen-bond acceptors (Lipinski definition) is 6. The van der Waals surface area contributed by atoms with Gasteiger partial charge >= 0.3 is 0 Å². The fraction of sp³-hybridized carbons (Fsp3) is 0.500. The van der Waals surface area contributed by atoms with Crippen LogP contribution in [0.5, 0.6) is 0 Å². The smallest absolute Gasteiger partial charge is 0.287 e. The lowest BCUT2D eigenvalue weighted by atomic mass is 9.79. The molecule has 1 fully saturated rings. The van der Waals surface area contributed by atoms with Crippen molar-refractivity contribution in [3.05, 3.63) is 34.1 Å². The molecule has 0 amide bonds. The van der Waals surface area contributed by atoms with Crippen LogP contribution < -0.4 is 0 Å². The number of nitro groups is 1. The lowest BCUT2D eigenvalue weighted by Crippen LogP contribution is -2.36. The predicted molar refractivity (Wildman–Crippen MR) is 68.7 cm³/mol. The second-order valence-electron chi connectivity index (χ2n) is 4.07. The molecule has 1 aliphatic carbocycles. The highest BCUT2D eigenvalue weighted by Crippen LogP contribution is 2.50. The summed E-state index contributed by atoms with van der Waals surface area (Å²) in [6.45, 7) is 0. The quantitative estimate of drug-likeness (QED) is 0.289. The van der Waals surface area contributed by atoms with Crippen LogP contribution in [0.15, 0.2) is 18.3 Å². The molecule has 5 nitrogen and oxygen atoms in total. The minimum Gasteiger partial charge on any atom is -0.373 e. The number of aliphatic hydroxyl groups is 1. The van der Waals surface area contributed by atoms with Crippen molar-refractivity contribution in [2.45, 2.75) is 24.2 Å². The zero-order valence-electron chi connectivity index (χ0n) is 8.94. The van der Waals surface area contributed by atoms with Gasteiger partial charge in [-0.05, 0) is 18.9 Å². The first-order chi connectivity index (χ1) is 8.08. The van der Waals surface area contributed by atoms with Crippen LogP contribution >= 0.6 is 22.5 Å². The molecule has 1 saturated carbocycles. The van der Waals surface area contributed by atoms with E-state index in [2.05, 4.69) is 16.6 Å². The van der Waals surface area contributed by atoms with Gasteiger partial charge in [-0.3, -0.25) is 15.1 Å². The number of thiol groups is 1. The maximum atomic E-state index is 10.5. The molecule has 1 atom stereocenters. The topological polar surface area (TPSA) is 76.3 Å². The van der Waals surface area contributed by atoms with Crippen LogP contribution in [-0.2, 0) is 4.93 Å². The molecule has 0 radical (unpaired) electrons. The lowest BCUT2D eigenvalue weighted by molar-refractivity contribution is -0.385. The average Bonchev–Trinajstić information content (AvgIpc) is 2.26. The largest absolute Gasteiger partial charge is 0.373 e.